The van der Waals surface area contributed by atoms with Gasteiger partial charge in [0.05, 0.1) is 12.1 Å². The van der Waals surface area contributed by atoms with Crippen molar-refractivity contribution in [3.63, 3.8) is 0 Å². The van der Waals surface area contributed by atoms with E-state index < -0.39 is 6.10 Å². The average molecular weight is 375 g/mol. The van der Waals surface area contributed by atoms with Crippen LogP contribution in [0.3, 0.4) is 0 Å². The molecule has 2 N–H and O–H groups in total. The molecule has 0 radical (unpaired) electrons. The highest BCUT2D eigenvalue weighted by atomic mass is 79.9. The molecule has 0 saturated carbocycles. The number of anilines is 2. The summed E-state index contributed by atoms with van der Waals surface area (Å²) in [6.07, 6.45) is -0.878. The number of aryl methyl sites for hydroxylation is 1. The summed E-state index contributed by atoms with van der Waals surface area (Å²) >= 11 is 3.41. The first kappa shape index (κ1) is 15.6. The normalized spacial score (nSPS) is 16.1. The largest absolute Gasteiger partial charge is 0.478 e. The Hall–Kier alpha value is -2.34. The fourth-order valence-electron chi connectivity index (χ4n) is 2.33. The molecule has 1 heterocycles. The molecule has 0 unspecified atom stereocenters. The van der Waals surface area contributed by atoms with E-state index in [1.807, 2.05) is 31.2 Å². The van der Waals surface area contributed by atoms with Gasteiger partial charge >= 0.3 is 0 Å². The zero-order valence-corrected chi connectivity index (χ0v) is 14.0. The number of carbonyl (C=O) groups excluding carboxylic acids is 2. The van der Waals surface area contributed by atoms with Crippen LogP contribution in [0.4, 0.5) is 11.4 Å². The molecule has 118 valence electrons. The van der Waals surface area contributed by atoms with Crippen LogP contribution in [0.25, 0.3) is 0 Å². The van der Waals surface area contributed by atoms with Crippen LogP contribution in [0, 0.1) is 6.92 Å². The van der Waals surface area contributed by atoms with Crippen molar-refractivity contribution < 1.29 is 14.3 Å². The third kappa shape index (κ3) is 3.53. The Balaban J connectivity index is 1.66. The summed E-state index contributed by atoms with van der Waals surface area (Å²) in [5.41, 5.74) is 2.33. The molecule has 3 rings (SSSR count). The van der Waals surface area contributed by atoms with Crippen LogP contribution in [0.2, 0.25) is 0 Å². The molecule has 2 aromatic rings. The molecule has 1 aliphatic heterocycles. The molecule has 0 aromatic heterocycles. The maximum absolute atomic E-state index is 12.2. The highest BCUT2D eigenvalue weighted by Crippen LogP contribution is 2.29. The number of carbonyl (C=O) groups is 2. The quantitative estimate of drug-likeness (QED) is 0.863. The third-order valence-electron chi connectivity index (χ3n) is 3.52. The highest BCUT2D eigenvalue weighted by Gasteiger charge is 2.29. The van der Waals surface area contributed by atoms with Gasteiger partial charge in [-0.25, -0.2) is 0 Å². The Bertz CT molecular complexity index is 776. The second-order valence-corrected chi connectivity index (χ2v) is 6.16. The van der Waals surface area contributed by atoms with Crippen LogP contribution in [-0.4, -0.2) is 17.9 Å². The van der Waals surface area contributed by atoms with Gasteiger partial charge in [-0.05, 0) is 42.8 Å². The first-order valence-electron chi connectivity index (χ1n) is 7.15. The Kier molecular flexibility index (Phi) is 4.34. The van der Waals surface area contributed by atoms with Gasteiger partial charge in [0.2, 0.25) is 5.91 Å². The first-order valence-corrected chi connectivity index (χ1v) is 7.95. The van der Waals surface area contributed by atoms with Gasteiger partial charge in [0.15, 0.2) is 6.10 Å². The molecule has 2 amide bonds. The van der Waals surface area contributed by atoms with Crippen molar-refractivity contribution >= 4 is 39.1 Å². The van der Waals surface area contributed by atoms with E-state index in [9.17, 15) is 9.59 Å². The number of hydrogen-bond donors (Lipinski definition) is 2. The van der Waals surface area contributed by atoms with Crippen LogP contribution in [0.5, 0.6) is 5.75 Å². The summed E-state index contributed by atoms with van der Waals surface area (Å²) in [5, 5.41) is 5.53. The lowest BCUT2D eigenvalue weighted by molar-refractivity contribution is -0.128. The van der Waals surface area contributed by atoms with E-state index in [4.69, 9.17) is 4.74 Å². The number of halogens is 1. The van der Waals surface area contributed by atoms with Gasteiger partial charge in [0.1, 0.15) is 5.75 Å². The molecule has 0 bridgehead atoms. The molecular weight excluding hydrogens is 360 g/mol. The Morgan fingerprint density at radius 1 is 1.30 bits per heavy atom. The number of hydrogen-bond acceptors (Lipinski definition) is 3. The summed E-state index contributed by atoms with van der Waals surface area (Å²) < 4.78 is 6.59. The minimum absolute atomic E-state index is 0.0464. The molecular formula is C17H15BrN2O3. The van der Waals surface area contributed by atoms with E-state index >= 15 is 0 Å². The lowest BCUT2D eigenvalue weighted by atomic mass is 10.1. The van der Waals surface area contributed by atoms with Crippen LogP contribution in [0.15, 0.2) is 46.9 Å². The van der Waals surface area contributed by atoms with E-state index in [0.717, 1.165) is 10.0 Å². The monoisotopic (exact) mass is 374 g/mol. The van der Waals surface area contributed by atoms with E-state index in [-0.39, 0.29) is 18.2 Å². The standard InChI is InChI=1S/C17H15BrN2O3/c1-10-8-11(6-7-12(10)18)19-16(21)9-15-17(22)20-13-4-2-3-5-14(13)23-15/h2-8,15H,9H2,1H3,(H,19,21)(H,20,22)/t15-/m0/s1. The summed E-state index contributed by atoms with van der Waals surface area (Å²) in [5.74, 6) is -0.0125. The molecule has 23 heavy (non-hydrogen) atoms. The second kappa shape index (κ2) is 6.42. The van der Waals surface area contributed by atoms with Crippen molar-refractivity contribution in [3.8, 4) is 5.75 Å². The zero-order valence-electron chi connectivity index (χ0n) is 12.4. The molecule has 1 atom stereocenters. The number of fused-ring (bicyclic) bond motifs is 1. The van der Waals surface area contributed by atoms with Crippen molar-refractivity contribution in [2.45, 2.75) is 19.4 Å². The minimum atomic E-state index is -0.832. The number of benzene rings is 2. The second-order valence-electron chi connectivity index (χ2n) is 5.31. The number of rotatable bonds is 3. The van der Waals surface area contributed by atoms with Gasteiger partial charge in [-0.1, -0.05) is 28.1 Å². The predicted molar refractivity (Wildman–Crippen MR) is 91.6 cm³/mol. The molecule has 0 spiro atoms. The van der Waals surface area contributed by atoms with E-state index in [2.05, 4.69) is 26.6 Å². The lowest BCUT2D eigenvalue weighted by Gasteiger charge is -2.25. The molecule has 5 nitrogen and oxygen atoms in total. The molecule has 2 aromatic carbocycles. The van der Waals surface area contributed by atoms with Gasteiger partial charge in [0.25, 0.3) is 5.91 Å². The summed E-state index contributed by atoms with van der Waals surface area (Å²) in [6, 6.07) is 12.7. The number of amides is 2. The minimum Gasteiger partial charge on any atom is -0.478 e. The maximum atomic E-state index is 12.2. The number of para-hydroxylation sites is 2. The van der Waals surface area contributed by atoms with Gasteiger partial charge in [-0.3, -0.25) is 9.59 Å². The Morgan fingerprint density at radius 2 is 2.09 bits per heavy atom. The smallest absolute Gasteiger partial charge is 0.266 e. The van der Waals surface area contributed by atoms with Crippen LogP contribution >= 0.6 is 15.9 Å². The van der Waals surface area contributed by atoms with Crippen LogP contribution in [0.1, 0.15) is 12.0 Å². The predicted octanol–water partition coefficient (Wildman–Crippen LogP) is 3.49. The molecule has 0 aliphatic carbocycles. The van der Waals surface area contributed by atoms with E-state index in [1.54, 1.807) is 18.2 Å². The van der Waals surface area contributed by atoms with Crippen molar-refractivity contribution in [1.82, 2.24) is 0 Å². The number of ether oxygens (including phenoxy) is 1. The summed E-state index contributed by atoms with van der Waals surface area (Å²) in [4.78, 5) is 24.2. The van der Waals surface area contributed by atoms with E-state index in [0.29, 0.717) is 17.1 Å². The molecule has 0 fully saturated rings. The fraction of sp³-hybridized carbons (Fsp3) is 0.176. The highest BCUT2D eigenvalue weighted by molar-refractivity contribution is 9.10. The maximum Gasteiger partial charge on any atom is 0.266 e. The van der Waals surface area contributed by atoms with Crippen molar-refractivity contribution in [2.24, 2.45) is 0 Å². The van der Waals surface area contributed by atoms with Gasteiger partial charge in [-0.15, -0.1) is 0 Å². The summed E-state index contributed by atoms with van der Waals surface area (Å²) in [7, 11) is 0. The van der Waals surface area contributed by atoms with Crippen molar-refractivity contribution in [3.05, 3.63) is 52.5 Å². The van der Waals surface area contributed by atoms with E-state index in [1.165, 1.54) is 0 Å². The summed E-state index contributed by atoms with van der Waals surface area (Å²) in [6.45, 7) is 1.94. The first-order chi connectivity index (χ1) is 11.0. The Labute approximate surface area is 142 Å². The SMILES string of the molecule is Cc1cc(NC(=O)C[C@@H]2Oc3ccccc3NC2=O)ccc1Br. The molecule has 0 saturated heterocycles. The van der Waals surface area contributed by atoms with Gasteiger partial charge in [0, 0.05) is 10.2 Å². The number of nitrogens with one attached hydrogen (secondary N) is 2. The lowest BCUT2D eigenvalue weighted by Crippen LogP contribution is -2.39. The Morgan fingerprint density at radius 3 is 2.87 bits per heavy atom. The molecule has 6 heteroatoms. The van der Waals surface area contributed by atoms with Gasteiger partial charge < -0.3 is 15.4 Å². The van der Waals surface area contributed by atoms with Gasteiger partial charge in [-0.2, -0.15) is 0 Å². The molecule has 1 aliphatic rings. The van der Waals surface area contributed by atoms with Crippen LogP contribution in [-0.2, 0) is 9.59 Å². The van der Waals surface area contributed by atoms with Crippen molar-refractivity contribution in [2.75, 3.05) is 10.6 Å². The van der Waals surface area contributed by atoms with Crippen molar-refractivity contribution in [1.29, 1.82) is 0 Å². The third-order valence-corrected chi connectivity index (χ3v) is 4.41. The topological polar surface area (TPSA) is 67.4 Å². The van der Waals surface area contributed by atoms with Crippen LogP contribution < -0.4 is 15.4 Å². The fourth-order valence-corrected chi connectivity index (χ4v) is 2.58. The zero-order chi connectivity index (χ0) is 16.4. The average Bonchev–Trinajstić information content (AvgIpc) is 2.51.